The first-order valence-corrected chi connectivity index (χ1v) is 11.3. The zero-order valence-corrected chi connectivity index (χ0v) is 19.7. The van der Waals surface area contributed by atoms with Gasteiger partial charge in [0.2, 0.25) is 0 Å². The zero-order chi connectivity index (χ0) is 24.2. The molecule has 1 fully saturated rings. The summed E-state index contributed by atoms with van der Waals surface area (Å²) in [5.41, 5.74) is 3.58. The largest absolute Gasteiger partial charge is 0.467 e. The molecule has 34 heavy (non-hydrogen) atoms. The van der Waals surface area contributed by atoms with Gasteiger partial charge in [0.15, 0.2) is 5.82 Å². The van der Waals surface area contributed by atoms with Gasteiger partial charge in [-0.3, -0.25) is 9.36 Å². The molecule has 2 heterocycles. The van der Waals surface area contributed by atoms with E-state index in [1.54, 1.807) is 16.4 Å². The van der Waals surface area contributed by atoms with Gasteiger partial charge in [0.05, 0.1) is 24.7 Å². The number of urea groups is 1. The van der Waals surface area contributed by atoms with Gasteiger partial charge in [0.25, 0.3) is 5.56 Å². The van der Waals surface area contributed by atoms with Crippen molar-refractivity contribution in [3.63, 3.8) is 0 Å². The first-order valence-electron chi connectivity index (χ1n) is 11.3. The lowest BCUT2D eigenvalue weighted by molar-refractivity contribution is -0.142. The van der Waals surface area contributed by atoms with Gasteiger partial charge in [-0.15, -0.1) is 0 Å². The number of aryl methyl sites for hydroxylation is 1. The Balaban J connectivity index is 1.55. The fourth-order valence-corrected chi connectivity index (χ4v) is 4.05. The molecule has 2 aromatic carbocycles. The van der Waals surface area contributed by atoms with E-state index in [0.29, 0.717) is 38.5 Å². The maximum Gasteiger partial charge on any atom is 0.328 e. The van der Waals surface area contributed by atoms with Crippen LogP contribution in [0.2, 0.25) is 0 Å². The van der Waals surface area contributed by atoms with Crippen LogP contribution in [0, 0.1) is 6.92 Å². The molecule has 2 amide bonds. The summed E-state index contributed by atoms with van der Waals surface area (Å²) in [5, 5.41) is 2.64. The molecule has 9 heteroatoms. The molecule has 1 N–H and O–H groups in total. The molecule has 0 bridgehead atoms. The minimum Gasteiger partial charge on any atom is -0.467 e. The van der Waals surface area contributed by atoms with Crippen LogP contribution in [0.15, 0.2) is 53.3 Å². The van der Waals surface area contributed by atoms with E-state index in [2.05, 4.69) is 15.0 Å². The molecule has 9 nitrogen and oxygen atoms in total. The Morgan fingerprint density at radius 1 is 1.06 bits per heavy atom. The van der Waals surface area contributed by atoms with Crippen LogP contribution in [-0.4, -0.2) is 65.8 Å². The van der Waals surface area contributed by atoms with Crippen molar-refractivity contribution in [1.29, 1.82) is 0 Å². The van der Waals surface area contributed by atoms with Crippen molar-refractivity contribution in [1.82, 2.24) is 19.8 Å². The fraction of sp³-hybridized carbons (Fsp3) is 0.360. The Hall–Kier alpha value is -3.88. The highest BCUT2D eigenvalue weighted by molar-refractivity contribution is 5.83. The number of esters is 1. The van der Waals surface area contributed by atoms with E-state index in [1.807, 2.05) is 60.4 Å². The standard InChI is InChI=1S/C25H29N5O4/c1-17-8-10-19(11-9-17)16-30-21-7-5-4-6-20(21)27-22(23(30)31)28-12-14-29(15-13-28)25(33)26-18(2)24(32)34-3/h4-11,18H,12-16H2,1-3H3,(H,26,33)/t18-/m0/s1. The van der Waals surface area contributed by atoms with Crippen molar-refractivity contribution in [3.8, 4) is 0 Å². The quantitative estimate of drug-likeness (QED) is 0.583. The van der Waals surface area contributed by atoms with Gasteiger partial charge in [0.1, 0.15) is 6.04 Å². The van der Waals surface area contributed by atoms with Crippen molar-refractivity contribution >= 4 is 28.9 Å². The maximum absolute atomic E-state index is 13.5. The minimum atomic E-state index is -0.730. The van der Waals surface area contributed by atoms with Crippen LogP contribution in [-0.2, 0) is 16.1 Å². The highest BCUT2D eigenvalue weighted by Crippen LogP contribution is 2.17. The lowest BCUT2D eigenvalue weighted by atomic mass is 10.1. The average Bonchev–Trinajstić information content (AvgIpc) is 2.86. The van der Waals surface area contributed by atoms with E-state index in [-0.39, 0.29) is 11.6 Å². The summed E-state index contributed by atoms with van der Waals surface area (Å²) in [5.74, 6) is -0.115. The zero-order valence-electron chi connectivity index (χ0n) is 19.7. The smallest absolute Gasteiger partial charge is 0.328 e. The highest BCUT2D eigenvalue weighted by Gasteiger charge is 2.26. The second-order valence-corrected chi connectivity index (χ2v) is 8.47. The molecule has 0 spiro atoms. The molecular weight excluding hydrogens is 434 g/mol. The van der Waals surface area contributed by atoms with Crippen molar-refractivity contribution in [2.24, 2.45) is 0 Å². The number of hydrogen-bond acceptors (Lipinski definition) is 6. The molecule has 1 saturated heterocycles. The molecule has 0 saturated carbocycles. The lowest BCUT2D eigenvalue weighted by Crippen LogP contribution is -2.55. The van der Waals surface area contributed by atoms with E-state index >= 15 is 0 Å². The van der Waals surface area contributed by atoms with Crippen LogP contribution < -0.4 is 15.8 Å². The predicted molar refractivity (Wildman–Crippen MR) is 130 cm³/mol. The SMILES string of the molecule is COC(=O)[C@H](C)NC(=O)N1CCN(c2nc3ccccc3n(Cc3ccc(C)cc3)c2=O)CC1. The van der Waals surface area contributed by atoms with Crippen molar-refractivity contribution in [3.05, 3.63) is 70.0 Å². The average molecular weight is 464 g/mol. The third-order valence-electron chi connectivity index (χ3n) is 6.06. The summed E-state index contributed by atoms with van der Waals surface area (Å²) in [4.78, 5) is 45.9. The topological polar surface area (TPSA) is 96.8 Å². The summed E-state index contributed by atoms with van der Waals surface area (Å²) in [6.45, 7) is 5.80. The van der Waals surface area contributed by atoms with Crippen LogP contribution in [0.1, 0.15) is 18.1 Å². The molecule has 4 rings (SSSR count). The Labute approximate surface area is 197 Å². The molecule has 1 atom stereocenters. The number of carbonyl (C=O) groups is 2. The number of carbonyl (C=O) groups excluding carboxylic acids is 2. The van der Waals surface area contributed by atoms with Crippen molar-refractivity contribution < 1.29 is 14.3 Å². The van der Waals surface area contributed by atoms with Gasteiger partial charge in [-0.05, 0) is 31.5 Å². The highest BCUT2D eigenvalue weighted by atomic mass is 16.5. The van der Waals surface area contributed by atoms with Crippen LogP contribution in [0.4, 0.5) is 10.6 Å². The second kappa shape index (κ2) is 9.94. The van der Waals surface area contributed by atoms with Gasteiger partial charge in [0, 0.05) is 26.2 Å². The number of ether oxygens (including phenoxy) is 1. The molecule has 1 aromatic heterocycles. The predicted octanol–water partition coefficient (Wildman–Crippen LogP) is 2.15. The van der Waals surface area contributed by atoms with Gasteiger partial charge in [-0.2, -0.15) is 0 Å². The van der Waals surface area contributed by atoms with E-state index < -0.39 is 12.0 Å². The van der Waals surface area contributed by atoms with Crippen LogP contribution in [0.3, 0.4) is 0 Å². The second-order valence-electron chi connectivity index (χ2n) is 8.47. The molecule has 178 valence electrons. The third kappa shape index (κ3) is 4.88. The number of rotatable bonds is 5. The number of nitrogens with one attached hydrogen (secondary N) is 1. The fourth-order valence-electron chi connectivity index (χ4n) is 4.05. The molecule has 0 aliphatic carbocycles. The van der Waals surface area contributed by atoms with E-state index in [0.717, 1.165) is 16.6 Å². The number of fused-ring (bicyclic) bond motifs is 1. The number of para-hydroxylation sites is 2. The molecular formula is C25H29N5O4. The number of amides is 2. The van der Waals surface area contributed by atoms with Crippen LogP contribution in [0.5, 0.6) is 0 Å². The number of anilines is 1. The number of aromatic nitrogens is 2. The minimum absolute atomic E-state index is 0.156. The molecule has 0 radical (unpaired) electrons. The summed E-state index contributed by atoms with van der Waals surface area (Å²) in [7, 11) is 1.28. The van der Waals surface area contributed by atoms with Gasteiger partial charge in [-0.25, -0.2) is 14.6 Å². The third-order valence-corrected chi connectivity index (χ3v) is 6.06. The lowest BCUT2D eigenvalue weighted by Gasteiger charge is -2.35. The molecule has 1 aliphatic heterocycles. The molecule has 0 unspecified atom stereocenters. The van der Waals surface area contributed by atoms with E-state index in [1.165, 1.54) is 12.7 Å². The van der Waals surface area contributed by atoms with Crippen LogP contribution in [0.25, 0.3) is 11.0 Å². The van der Waals surface area contributed by atoms with Gasteiger partial charge >= 0.3 is 12.0 Å². The number of nitrogens with zero attached hydrogens (tertiary/aromatic N) is 4. The maximum atomic E-state index is 13.5. The number of benzene rings is 2. The molecule has 1 aliphatic rings. The number of methoxy groups -OCH3 is 1. The first-order chi connectivity index (χ1) is 16.4. The Kier molecular flexibility index (Phi) is 6.81. The van der Waals surface area contributed by atoms with E-state index in [9.17, 15) is 14.4 Å². The monoisotopic (exact) mass is 463 g/mol. The first kappa shape index (κ1) is 23.3. The summed E-state index contributed by atoms with van der Waals surface area (Å²) < 4.78 is 6.42. The Bertz CT molecular complexity index is 1250. The van der Waals surface area contributed by atoms with Crippen molar-refractivity contribution in [2.45, 2.75) is 26.4 Å². The summed E-state index contributed by atoms with van der Waals surface area (Å²) >= 11 is 0. The van der Waals surface area contributed by atoms with Gasteiger partial charge in [-0.1, -0.05) is 42.0 Å². The Morgan fingerprint density at radius 3 is 2.41 bits per heavy atom. The Morgan fingerprint density at radius 2 is 1.74 bits per heavy atom. The van der Waals surface area contributed by atoms with Gasteiger partial charge < -0.3 is 19.9 Å². The number of hydrogen-bond donors (Lipinski definition) is 1. The summed E-state index contributed by atoms with van der Waals surface area (Å²) in [6, 6.07) is 14.7. The number of piperazine rings is 1. The van der Waals surface area contributed by atoms with Crippen molar-refractivity contribution in [2.75, 3.05) is 38.2 Å². The van der Waals surface area contributed by atoms with E-state index in [4.69, 9.17) is 0 Å². The van der Waals surface area contributed by atoms with Crippen LogP contribution >= 0.6 is 0 Å². The molecule has 3 aromatic rings. The summed E-state index contributed by atoms with van der Waals surface area (Å²) in [6.07, 6.45) is 0. The normalized spacial score (nSPS) is 14.7.